The van der Waals surface area contributed by atoms with Crippen molar-refractivity contribution in [2.24, 2.45) is 5.84 Å². The SMILES string of the molecule is CCCSCc1ccc(C(=O)NN)s1. The van der Waals surface area contributed by atoms with Gasteiger partial charge in [-0.25, -0.2) is 5.84 Å². The van der Waals surface area contributed by atoms with E-state index in [2.05, 4.69) is 12.3 Å². The third-order valence-corrected chi connectivity index (χ3v) is 4.09. The van der Waals surface area contributed by atoms with Crippen LogP contribution in [-0.2, 0) is 5.75 Å². The average molecular weight is 230 g/mol. The Bertz CT molecular complexity index is 299. The van der Waals surface area contributed by atoms with Crippen molar-refractivity contribution in [2.75, 3.05) is 5.75 Å². The van der Waals surface area contributed by atoms with E-state index in [9.17, 15) is 4.79 Å². The molecule has 1 aromatic heterocycles. The molecule has 0 aromatic carbocycles. The summed E-state index contributed by atoms with van der Waals surface area (Å²) in [5.74, 6) is 6.98. The van der Waals surface area contributed by atoms with E-state index in [-0.39, 0.29) is 5.91 Å². The van der Waals surface area contributed by atoms with E-state index < -0.39 is 0 Å². The molecule has 0 saturated heterocycles. The lowest BCUT2D eigenvalue weighted by atomic mass is 10.4. The van der Waals surface area contributed by atoms with Gasteiger partial charge in [0.05, 0.1) is 4.88 Å². The van der Waals surface area contributed by atoms with Gasteiger partial charge in [0.25, 0.3) is 5.91 Å². The van der Waals surface area contributed by atoms with Gasteiger partial charge in [-0.1, -0.05) is 6.92 Å². The summed E-state index contributed by atoms with van der Waals surface area (Å²) in [5, 5.41) is 0. The molecule has 0 fully saturated rings. The van der Waals surface area contributed by atoms with Gasteiger partial charge in [0, 0.05) is 10.6 Å². The van der Waals surface area contributed by atoms with E-state index in [1.54, 1.807) is 0 Å². The molecular weight excluding hydrogens is 216 g/mol. The minimum atomic E-state index is -0.207. The highest BCUT2D eigenvalue weighted by molar-refractivity contribution is 7.98. The van der Waals surface area contributed by atoms with E-state index >= 15 is 0 Å². The number of rotatable bonds is 5. The van der Waals surface area contributed by atoms with Crippen LogP contribution in [0, 0.1) is 0 Å². The van der Waals surface area contributed by atoms with Gasteiger partial charge >= 0.3 is 0 Å². The first-order chi connectivity index (χ1) is 6.77. The number of carbonyl (C=O) groups excluding carboxylic acids is 1. The van der Waals surface area contributed by atoms with Crippen molar-refractivity contribution in [3.05, 3.63) is 21.9 Å². The van der Waals surface area contributed by atoms with Gasteiger partial charge in [-0.2, -0.15) is 11.8 Å². The number of nitrogens with one attached hydrogen (secondary N) is 1. The Morgan fingerprint density at radius 3 is 3.07 bits per heavy atom. The number of nitrogens with two attached hydrogens (primary N) is 1. The van der Waals surface area contributed by atoms with E-state index in [1.165, 1.54) is 22.6 Å². The van der Waals surface area contributed by atoms with Crippen LogP contribution in [0.5, 0.6) is 0 Å². The molecule has 1 rings (SSSR count). The molecule has 0 unspecified atom stereocenters. The Kier molecular flexibility index (Phi) is 5.00. The molecule has 0 bridgehead atoms. The second-order valence-electron chi connectivity index (χ2n) is 2.79. The predicted octanol–water partition coefficient (Wildman–Crippen LogP) is 1.99. The summed E-state index contributed by atoms with van der Waals surface area (Å²) in [6.45, 7) is 2.16. The lowest BCUT2D eigenvalue weighted by molar-refractivity contribution is 0.0957. The molecular formula is C9H14N2OS2. The summed E-state index contributed by atoms with van der Waals surface area (Å²) in [5.41, 5.74) is 2.13. The average Bonchev–Trinajstić information content (AvgIpc) is 2.66. The zero-order chi connectivity index (χ0) is 10.4. The number of thiophene rings is 1. The lowest BCUT2D eigenvalue weighted by Gasteiger charge is -1.95. The van der Waals surface area contributed by atoms with E-state index in [0.29, 0.717) is 4.88 Å². The van der Waals surface area contributed by atoms with Crippen LogP contribution < -0.4 is 11.3 Å². The highest BCUT2D eigenvalue weighted by Crippen LogP contribution is 2.21. The van der Waals surface area contributed by atoms with E-state index in [4.69, 9.17) is 5.84 Å². The van der Waals surface area contributed by atoms with Crippen LogP contribution in [0.1, 0.15) is 27.9 Å². The largest absolute Gasteiger partial charge is 0.289 e. The molecule has 1 amide bonds. The fourth-order valence-corrected chi connectivity index (χ4v) is 2.89. The summed E-state index contributed by atoms with van der Waals surface area (Å²) >= 11 is 3.39. The molecule has 3 N–H and O–H groups in total. The van der Waals surface area contributed by atoms with Crippen LogP contribution in [0.25, 0.3) is 0 Å². The molecule has 78 valence electrons. The number of amides is 1. The van der Waals surface area contributed by atoms with Gasteiger partial charge < -0.3 is 0 Å². The van der Waals surface area contributed by atoms with Crippen molar-refractivity contribution >= 4 is 29.0 Å². The molecule has 5 heteroatoms. The lowest BCUT2D eigenvalue weighted by Crippen LogP contribution is -2.29. The first-order valence-corrected chi connectivity index (χ1v) is 6.42. The fourth-order valence-electron chi connectivity index (χ4n) is 0.966. The smallest absolute Gasteiger partial charge is 0.275 e. The number of hydrogen-bond donors (Lipinski definition) is 2. The number of carbonyl (C=O) groups is 1. The van der Waals surface area contributed by atoms with Gasteiger partial charge in [0.15, 0.2) is 0 Å². The summed E-state index contributed by atoms with van der Waals surface area (Å²) < 4.78 is 0. The molecule has 1 heterocycles. The summed E-state index contributed by atoms with van der Waals surface area (Å²) in [4.78, 5) is 13.0. The Labute approximate surface area is 92.0 Å². The number of hydrazine groups is 1. The van der Waals surface area contributed by atoms with Crippen molar-refractivity contribution < 1.29 is 4.79 Å². The monoisotopic (exact) mass is 230 g/mol. The minimum absolute atomic E-state index is 0.207. The van der Waals surface area contributed by atoms with Crippen LogP contribution in [-0.4, -0.2) is 11.7 Å². The first-order valence-electron chi connectivity index (χ1n) is 4.45. The van der Waals surface area contributed by atoms with Crippen molar-refractivity contribution in [1.82, 2.24) is 5.43 Å². The van der Waals surface area contributed by atoms with E-state index in [0.717, 1.165) is 11.5 Å². The zero-order valence-corrected chi connectivity index (χ0v) is 9.71. The highest BCUT2D eigenvalue weighted by atomic mass is 32.2. The van der Waals surface area contributed by atoms with Gasteiger partial charge in [-0.05, 0) is 24.3 Å². The standard InChI is InChI=1S/C9H14N2OS2/c1-2-5-13-6-7-3-4-8(14-7)9(12)11-10/h3-4H,2,5-6,10H2,1H3,(H,11,12). The second-order valence-corrected chi connectivity index (χ2v) is 5.07. The molecule has 0 aliphatic rings. The molecule has 0 atom stereocenters. The minimum Gasteiger partial charge on any atom is -0.289 e. The first kappa shape index (κ1) is 11.6. The molecule has 0 radical (unpaired) electrons. The van der Waals surface area contributed by atoms with Crippen LogP contribution in [0.4, 0.5) is 0 Å². The van der Waals surface area contributed by atoms with Crippen LogP contribution in [0.15, 0.2) is 12.1 Å². The highest BCUT2D eigenvalue weighted by Gasteiger charge is 2.06. The third kappa shape index (κ3) is 3.32. The normalized spacial score (nSPS) is 10.1. The number of thioether (sulfide) groups is 1. The van der Waals surface area contributed by atoms with Crippen molar-refractivity contribution in [3.8, 4) is 0 Å². The molecule has 0 aliphatic carbocycles. The quantitative estimate of drug-likeness (QED) is 0.352. The van der Waals surface area contributed by atoms with Gasteiger partial charge in [0.1, 0.15) is 0 Å². The number of hydrogen-bond acceptors (Lipinski definition) is 4. The third-order valence-electron chi connectivity index (χ3n) is 1.61. The summed E-state index contributed by atoms with van der Waals surface area (Å²) in [6.07, 6.45) is 1.19. The van der Waals surface area contributed by atoms with Crippen molar-refractivity contribution in [1.29, 1.82) is 0 Å². The topological polar surface area (TPSA) is 55.1 Å². The fraction of sp³-hybridized carbons (Fsp3) is 0.444. The second kappa shape index (κ2) is 6.06. The Balaban J connectivity index is 2.46. The van der Waals surface area contributed by atoms with Crippen LogP contribution in [0.3, 0.4) is 0 Å². The van der Waals surface area contributed by atoms with Gasteiger partial charge in [-0.3, -0.25) is 10.2 Å². The van der Waals surface area contributed by atoms with Crippen molar-refractivity contribution in [3.63, 3.8) is 0 Å². The molecule has 14 heavy (non-hydrogen) atoms. The van der Waals surface area contributed by atoms with Gasteiger partial charge in [-0.15, -0.1) is 11.3 Å². The Hall–Kier alpha value is -0.520. The maximum absolute atomic E-state index is 11.1. The maximum atomic E-state index is 11.1. The zero-order valence-electron chi connectivity index (χ0n) is 8.08. The number of nitrogen functional groups attached to an aromatic ring is 1. The Morgan fingerprint density at radius 2 is 2.43 bits per heavy atom. The Morgan fingerprint density at radius 1 is 1.64 bits per heavy atom. The molecule has 1 aromatic rings. The van der Waals surface area contributed by atoms with Crippen molar-refractivity contribution in [2.45, 2.75) is 19.1 Å². The molecule has 0 aliphatic heterocycles. The van der Waals surface area contributed by atoms with Gasteiger partial charge in [0.2, 0.25) is 0 Å². The maximum Gasteiger partial charge on any atom is 0.275 e. The molecule has 0 saturated carbocycles. The van der Waals surface area contributed by atoms with Crippen LogP contribution >= 0.6 is 23.1 Å². The van der Waals surface area contributed by atoms with E-state index in [1.807, 2.05) is 23.9 Å². The predicted molar refractivity (Wildman–Crippen MR) is 62.4 cm³/mol. The summed E-state index contributed by atoms with van der Waals surface area (Å²) in [7, 11) is 0. The van der Waals surface area contributed by atoms with Crippen LogP contribution in [0.2, 0.25) is 0 Å². The summed E-state index contributed by atoms with van der Waals surface area (Å²) in [6, 6.07) is 3.80. The molecule has 0 spiro atoms. The molecule has 3 nitrogen and oxygen atoms in total.